The number of halogens is 1. The zero-order valence-corrected chi connectivity index (χ0v) is 12.3. The van der Waals surface area contributed by atoms with Crippen LogP contribution in [0, 0.1) is 11.7 Å². The van der Waals surface area contributed by atoms with Gasteiger partial charge in [0.2, 0.25) is 0 Å². The Morgan fingerprint density at radius 3 is 2.71 bits per heavy atom. The van der Waals surface area contributed by atoms with Gasteiger partial charge in [0.25, 0.3) is 5.91 Å². The first-order valence-corrected chi connectivity index (χ1v) is 7.53. The smallest absolute Gasteiger partial charge is 0.257 e. The largest absolute Gasteiger partial charge is 0.371 e. The van der Waals surface area contributed by atoms with Crippen molar-refractivity contribution in [3.63, 3.8) is 0 Å². The standard InChI is InChI=1S/C15H21FN4O/c1-17-14-13(16)12(4-5-18-14)15(21)20-8-6-19(7-9-20)10-11-2-3-11/h4-5,11H,2-3,6-10H2,1H3,(H,17,18). The number of carbonyl (C=O) groups excluding carboxylic acids is 1. The van der Waals surface area contributed by atoms with Crippen molar-refractivity contribution in [2.24, 2.45) is 5.92 Å². The van der Waals surface area contributed by atoms with Gasteiger partial charge in [-0.25, -0.2) is 9.37 Å². The normalized spacial score (nSPS) is 19.6. The number of rotatable bonds is 4. The highest BCUT2D eigenvalue weighted by molar-refractivity contribution is 5.95. The number of nitrogens with zero attached hydrogens (tertiary/aromatic N) is 3. The van der Waals surface area contributed by atoms with Crippen molar-refractivity contribution in [3.8, 4) is 0 Å². The third-order valence-electron chi connectivity index (χ3n) is 4.23. The minimum Gasteiger partial charge on any atom is -0.371 e. The summed E-state index contributed by atoms with van der Waals surface area (Å²) in [6, 6.07) is 1.45. The van der Waals surface area contributed by atoms with Gasteiger partial charge in [0.05, 0.1) is 5.56 Å². The lowest BCUT2D eigenvalue weighted by Crippen LogP contribution is -2.49. The third-order valence-corrected chi connectivity index (χ3v) is 4.23. The Bertz CT molecular complexity index is 524. The fraction of sp³-hybridized carbons (Fsp3) is 0.600. The van der Waals surface area contributed by atoms with Gasteiger partial charge in [-0.1, -0.05) is 0 Å². The number of piperazine rings is 1. The molecule has 1 saturated carbocycles. The van der Waals surface area contributed by atoms with Crippen molar-refractivity contribution in [1.29, 1.82) is 0 Å². The maximum Gasteiger partial charge on any atom is 0.257 e. The lowest BCUT2D eigenvalue weighted by molar-refractivity contribution is 0.0627. The molecule has 3 rings (SSSR count). The molecule has 1 amide bonds. The summed E-state index contributed by atoms with van der Waals surface area (Å²) in [5.74, 6) is 0.180. The Morgan fingerprint density at radius 1 is 1.38 bits per heavy atom. The molecular weight excluding hydrogens is 271 g/mol. The molecule has 1 saturated heterocycles. The van der Waals surface area contributed by atoms with E-state index in [4.69, 9.17) is 0 Å². The maximum absolute atomic E-state index is 14.2. The van der Waals surface area contributed by atoms with Crippen LogP contribution in [0.4, 0.5) is 10.2 Å². The van der Waals surface area contributed by atoms with Gasteiger partial charge in [0.1, 0.15) is 0 Å². The first-order valence-electron chi connectivity index (χ1n) is 7.53. The van der Waals surface area contributed by atoms with Crippen LogP contribution in [0.25, 0.3) is 0 Å². The molecule has 0 unspecified atom stereocenters. The van der Waals surface area contributed by atoms with E-state index in [9.17, 15) is 9.18 Å². The fourth-order valence-electron chi connectivity index (χ4n) is 2.75. The second-order valence-electron chi connectivity index (χ2n) is 5.81. The van der Waals surface area contributed by atoms with E-state index in [2.05, 4.69) is 15.2 Å². The predicted octanol–water partition coefficient (Wildman–Crippen LogP) is 1.43. The van der Waals surface area contributed by atoms with Crippen LogP contribution in [-0.4, -0.2) is 60.5 Å². The Balaban J connectivity index is 1.63. The number of anilines is 1. The number of carbonyl (C=O) groups is 1. The number of hydrogen-bond acceptors (Lipinski definition) is 4. The second kappa shape index (κ2) is 5.97. The molecule has 0 radical (unpaired) electrons. The summed E-state index contributed by atoms with van der Waals surface area (Å²) in [6.45, 7) is 4.25. The highest BCUT2D eigenvalue weighted by Crippen LogP contribution is 2.30. The van der Waals surface area contributed by atoms with Gasteiger partial charge in [-0.3, -0.25) is 9.69 Å². The number of aromatic nitrogens is 1. The van der Waals surface area contributed by atoms with E-state index in [1.54, 1.807) is 11.9 Å². The topological polar surface area (TPSA) is 48.5 Å². The molecule has 1 aliphatic heterocycles. The van der Waals surface area contributed by atoms with Crippen LogP contribution in [0.5, 0.6) is 0 Å². The van der Waals surface area contributed by atoms with E-state index in [-0.39, 0.29) is 17.3 Å². The highest BCUT2D eigenvalue weighted by atomic mass is 19.1. The Hall–Kier alpha value is -1.69. The molecule has 2 heterocycles. The highest BCUT2D eigenvalue weighted by Gasteiger charge is 2.29. The minimum atomic E-state index is -0.564. The summed E-state index contributed by atoms with van der Waals surface area (Å²) in [5, 5.41) is 2.66. The lowest BCUT2D eigenvalue weighted by Gasteiger charge is -2.34. The van der Waals surface area contributed by atoms with Crippen molar-refractivity contribution < 1.29 is 9.18 Å². The quantitative estimate of drug-likeness (QED) is 0.912. The Kier molecular flexibility index (Phi) is 4.05. The van der Waals surface area contributed by atoms with Gasteiger partial charge in [-0.05, 0) is 24.8 Å². The van der Waals surface area contributed by atoms with Gasteiger partial charge in [0, 0.05) is 46.0 Å². The van der Waals surface area contributed by atoms with Crippen LogP contribution < -0.4 is 5.32 Å². The van der Waals surface area contributed by atoms with E-state index in [1.807, 2.05) is 0 Å². The van der Waals surface area contributed by atoms with E-state index in [0.717, 1.165) is 25.6 Å². The molecule has 1 N–H and O–H groups in total. The number of hydrogen-bond donors (Lipinski definition) is 1. The van der Waals surface area contributed by atoms with E-state index >= 15 is 0 Å². The molecule has 21 heavy (non-hydrogen) atoms. The summed E-state index contributed by atoms with van der Waals surface area (Å²) in [5.41, 5.74) is 0.102. The molecular formula is C15H21FN4O. The van der Waals surface area contributed by atoms with Crippen molar-refractivity contribution in [2.75, 3.05) is 45.1 Å². The number of nitrogens with one attached hydrogen (secondary N) is 1. The molecule has 0 aromatic carbocycles. The summed E-state index contributed by atoms with van der Waals surface area (Å²) in [7, 11) is 1.59. The van der Waals surface area contributed by atoms with Crippen LogP contribution in [0.3, 0.4) is 0 Å². The molecule has 0 bridgehead atoms. The second-order valence-corrected chi connectivity index (χ2v) is 5.81. The van der Waals surface area contributed by atoms with Gasteiger partial charge in [-0.2, -0.15) is 0 Å². The Morgan fingerprint density at radius 2 is 2.10 bits per heavy atom. The zero-order valence-electron chi connectivity index (χ0n) is 12.3. The molecule has 2 fully saturated rings. The van der Waals surface area contributed by atoms with Crippen LogP contribution in [-0.2, 0) is 0 Å². The first kappa shape index (κ1) is 14.3. The van der Waals surface area contributed by atoms with Crippen LogP contribution in [0.15, 0.2) is 12.3 Å². The molecule has 0 atom stereocenters. The predicted molar refractivity (Wildman–Crippen MR) is 78.8 cm³/mol. The van der Waals surface area contributed by atoms with E-state index in [1.165, 1.54) is 25.1 Å². The monoisotopic (exact) mass is 292 g/mol. The molecule has 1 aromatic rings. The zero-order chi connectivity index (χ0) is 14.8. The molecule has 5 nitrogen and oxygen atoms in total. The third kappa shape index (κ3) is 3.15. The van der Waals surface area contributed by atoms with Gasteiger partial charge in [0.15, 0.2) is 11.6 Å². The molecule has 6 heteroatoms. The summed E-state index contributed by atoms with van der Waals surface area (Å²) >= 11 is 0. The van der Waals surface area contributed by atoms with Gasteiger partial charge in [-0.15, -0.1) is 0 Å². The van der Waals surface area contributed by atoms with Gasteiger partial charge < -0.3 is 10.2 Å². The van der Waals surface area contributed by atoms with E-state index < -0.39 is 5.82 Å². The van der Waals surface area contributed by atoms with Crippen LogP contribution in [0.1, 0.15) is 23.2 Å². The van der Waals surface area contributed by atoms with Crippen molar-refractivity contribution >= 4 is 11.7 Å². The summed E-state index contributed by atoms with van der Waals surface area (Å²) < 4.78 is 14.2. The summed E-state index contributed by atoms with van der Waals surface area (Å²) in [4.78, 5) is 20.5. The average Bonchev–Trinajstić information content (AvgIpc) is 3.32. The Labute approximate surface area is 124 Å². The lowest BCUT2D eigenvalue weighted by atomic mass is 10.2. The van der Waals surface area contributed by atoms with E-state index in [0.29, 0.717) is 13.1 Å². The number of amides is 1. The summed E-state index contributed by atoms with van der Waals surface area (Å²) in [6.07, 6.45) is 4.15. The van der Waals surface area contributed by atoms with Crippen LogP contribution in [0.2, 0.25) is 0 Å². The van der Waals surface area contributed by atoms with Crippen LogP contribution >= 0.6 is 0 Å². The van der Waals surface area contributed by atoms with Crippen molar-refractivity contribution in [3.05, 3.63) is 23.6 Å². The van der Waals surface area contributed by atoms with Gasteiger partial charge >= 0.3 is 0 Å². The average molecular weight is 292 g/mol. The molecule has 0 spiro atoms. The molecule has 1 aromatic heterocycles. The minimum absolute atomic E-state index is 0.102. The SMILES string of the molecule is CNc1nccc(C(=O)N2CCN(CC3CC3)CC2)c1F. The van der Waals surface area contributed by atoms with Crippen molar-refractivity contribution in [2.45, 2.75) is 12.8 Å². The van der Waals surface area contributed by atoms with Crippen molar-refractivity contribution in [1.82, 2.24) is 14.8 Å². The molecule has 2 aliphatic rings. The first-order chi connectivity index (χ1) is 10.2. The fourth-order valence-corrected chi connectivity index (χ4v) is 2.75. The maximum atomic E-state index is 14.2. The molecule has 114 valence electrons. The molecule has 1 aliphatic carbocycles. The number of pyridine rings is 1.